The van der Waals surface area contributed by atoms with Crippen molar-refractivity contribution < 1.29 is 9.90 Å². The van der Waals surface area contributed by atoms with E-state index in [4.69, 9.17) is 5.11 Å². The molecule has 1 N–H and O–H groups in total. The highest BCUT2D eigenvalue weighted by atomic mass is 32.2. The van der Waals surface area contributed by atoms with E-state index in [1.54, 1.807) is 11.8 Å². The minimum Gasteiger partial charge on any atom is -0.396 e. The van der Waals surface area contributed by atoms with Crippen LogP contribution in [-0.4, -0.2) is 47.1 Å². The summed E-state index contributed by atoms with van der Waals surface area (Å²) in [4.78, 5) is 13.9. The van der Waals surface area contributed by atoms with Crippen molar-refractivity contribution in [3.8, 4) is 0 Å². The van der Waals surface area contributed by atoms with Gasteiger partial charge in [0.15, 0.2) is 0 Å². The van der Waals surface area contributed by atoms with Crippen molar-refractivity contribution in [3.05, 3.63) is 0 Å². The molecule has 0 aromatic rings. The maximum atomic E-state index is 11.9. The first kappa shape index (κ1) is 14.8. The number of carbonyl (C=O) groups excluding carboxylic acids is 1. The van der Waals surface area contributed by atoms with Crippen LogP contribution in [0, 0.1) is 5.92 Å². The lowest BCUT2D eigenvalue weighted by Crippen LogP contribution is -2.40. The summed E-state index contributed by atoms with van der Waals surface area (Å²) in [5.74, 6) is 2.50. The molecule has 1 saturated carbocycles. The monoisotopic (exact) mass is 259 g/mol. The van der Waals surface area contributed by atoms with Crippen LogP contribution in [0.25, 0.3) is 0 Å². The molecule has 0 saturated heterocycles. The van der Waals surface area contributed by atoms with E-state index in [1.165, 1.54) is 12.8 Å². The molecule has 1 amide bonds. The van der Waals surface area contributed by atoms with Crippen molar-refractivity contribution in [2.75, 3.05) is 25.2 Å². The third-order valence-electron chi connectivity index (χ3n) is 3.60. The van der Waals surface area contributed by atoms with E-state index >= 15 is 0 Å². The molecular weight excluding hydrogens is 234 g/mol. The van der Waals surface area contributed by atoms with E-state index in [9.17, 15) is 4.79 Å². The van der Waals surface area contributed by atoms with E-state index in [0.717, 1.165) is 30.9 Å². The van der Waals surface area contributed by atoms with Gasteiger partial charge in [-0.05, 0) is 43.8 Å². The Kier molecular flexibility index (Phi) is 6.97. The molecule has 0 aromatic carbocycles. The molecule has 1 aliphatic rings. The molecule has 0 atom stereocenters. The summed E-state index contributed by atoms with van der Waals surface area (Å²) in [6.07, 6.45) is 5.60. The summed E-state index contributed by atoms with van der Waals surface area (Å²) in [5.41, 5.74) is 0. The largest absolute Gasteiger partial charge is 0.396 e. The Balaban J connectivity index is 2.21. The summed E-state index contributed by atoms with van der Waals surface area (Å²) >= 11 is 1.63. The van der Waals surface area contributed by atoms with Crippen molar-refractivity contribution >= 4 is 17.7 Å². The Labute approximate surface area is 109 Å². The number of aliphatic hydroxyl groups is 1. The molecular formula is C13H25NO2S. The van der Waals surface area contributed by atoms with Crippen LogP contribution in [0.4, 0.5) is 0 Å². The lowest BCUT2D eigenvalue weighted by molar-refractivity contribution is -0.129. The number of aliphatic hydroxyl groups excluding tert-OH is 1. The molecule has 0 aromatic heterocycles. The molecule has 100 valence electrons. The fourth-order valence-corrected chi connectivity index (χ4v) is 3.12. The fourth-order valence-electron chi connectivity index (χ4n) is 2.26. The number of hydrogen-bond acceptors (Lipinski definition) is 3. The summed E-state index contributed by atoms with van der Waals surface area (Å²) in [5, 5.41) is 8.66. The molecule has 1 fully saturated rings. The molecule has 0 bridgehead atoms. The zero-order valence-corrected chi connectivity index (χ0v) is 11.8. The van der Waals surface area contributed by atoms with Gasteiger partial charge in [0, 0.05) is 19.7 Å². The van der Waals surface area contributed by atoms with Crippen LogP contribution in [0.2, 0.25) is 0 Å². The molecule has 0 radical (unpaired) electrons. The first-order valence-electron chi connectivity index (χ1n) is 6.59. The zero-order chi connectivity index (χ0) is 12.7. The topological polar surface area (TPSA) is 40.5 Å². The smallest absolute Gasteiger partial charge is 0.232 e. The minimum atomic E-state index is 0.220. The second-order valence-electron chi connectivity index (χ2n) is 5.05. The summed E-state index contributed by atoms with van der Waals surface area (Å²) in [6.45, 7) is 2.51. The van der Waals surface area contributed by atoms with Gasteiger partial charge >= 0.3 is 0 Å². The maximum Gasteiger partial charge on any atom is 0.232 e. The van der Waals surface area contributed by atoms with Crippen LogP contribution in [-0.2, 0) is 4.79 Å². The molecule has 0 aliphatic heterocycles. The second-order valence-corrected chi connectivity index (χ2v) is 6.15. The van der Waals surface area contributed by atoms with Gasteiger partial charge in [-0.15, -0.1) is 0 Å². The van der Waals surface area contributed by atoms with E-state index in [-0.39, 0.29) is 12.5 Å². The van der Waals surface area contributed by atoms with E-state index in [0.29, 0.717) is 11.8 Å². The van der Waals surface area contributed by atoms with Gasteiger partial charge < -0.3 is 10.0 Å². The van der Waals surface area contributed by atoms with Crippen LogP contribution >= 0.6 is 11.8 Å². The molecule has 0 unspecified atom stereocenters. The van der Waals surface area contributed by atoms with E-state index in [2.05, 4.69) is 6.92 Å². The highest BCUT2D eigenvalue weighted by molar-refractivity contribution is 7.99. The standard InChI is InChI=1S/C13H25NO2S/c1-11-4-6-12(7-5-11)14(2)13(16)10-17-9-3-8-15/h11-12,15H,3-10H2,1-2H3. The van der Waals surface area contributed by atoms with Crippen LogP contribution in [0.5, 0.6) is 0 Å². The van der Waals surface area contributed by atoms with Crippen LogP contribution < -0.4 is 0 Å². The highest BCUT2D eigenvalue weighted by Crippen LogP contribution is 2.26. The molecule has 1 rings (SSSR count). The predicted octanol–water partition coefficient (Wildman–Crippen LogP) is 2.14. The molecule has 0 heterocycles. The second kappa shape index (κ2) is 7.98. The molecule has 17 heavy (non-hydrogen) atoms. The van der Waals surface area contributed by atoms with Crippen molar-refractivity contribution in [3.63, 3.8) is 0 Å². The van der Waals surface area contributed by atoms with E-state index < -0.39 is 0 Å². The van der Waals surface area contributed by atoms with Crippen molar-refractivity contribution in [2.45, 2.75) is 45.1 Å². The van der Waals surface area contributed by atoms with Crippen LogP contribution in [0.3, 0.4) is 0 Å². The minimum absolute atomic E-state index is 0.220. The van der Waals surface area contributed by atoms with Crippen molar-refractivity contribution in [1.29, 1.82) is 0 Å². The third-order valence-corrected chi connectivity index (χ3v) is 4.63. The number of rotatable bonds is 6. The molecule has 1 aliphatic carbocycles. The van der Waals surface area contributed by atoms with Gasteiger partial charge in [-0.1, -0.05) is 6.92 Å². The van der Waals surface area contributed by atoms with Crippen LogP contribution in [0.1, 0.15) is 39.0 Å². The van der Waals surface area contributed by atoms with Gasteiger partial charge in [0.25, 0.3) is 0 Å². The lowest BCUT2D eigenvalue weighted by atomic mass is 9.87. The predicted molar refractivity (Wildman–Crippen MR) is 73.2 cm³/mol. The Hall–Kier alpha value is -0.220. The normalized spacial score (nSPS) is 24.6. The summed E-state index contributed by atoms with van der Waals surface area (Å²) in [6, 6.07) is 0.456. The van der Waals surface area contributed by atoms with Gasteiger partial charge in [-0.25, -0.2) is 0 Å². The average Bonchev–Trinajstić information content (AvgIpc) is 2.34. The van der Waals surface area contributed by atoms with Gasteiger partial charge in [-0.2, -0.15) is 11.8 Å². The van der Waals surface area contributed by atoms with Crippen LogP contribution in [0.15, 0.2) is 0 Å². The summed E-state index contributed by atoms with van der Waals surface area (Å²) in [7, 11) is 1.94. The fraction of sp³-hybridized carbons (Fsp3) is 0.923. The van der Waals surface area contributed by atoms with Crippen molar-refractivity contribution in [2.24, 2.45) is 5.92 Å². The Morgan fingerprint density at radius 2 is 2.00 bits per heavy atom. The number of amides is 1. The zero-order valence-electron chi connectivity index (χ0n) is 11.0. The number of thioether (sulfide) groups is 1. The average molecular weight is 259 g/mol. The SMILES string of the molecule is CC1CCC(N(C)C(=O)CSCCCO)CC1. The van der Waals surface area contributed by atoms with Gasteiger partial charge in [0.05, 0.1) is 5.75 Å². The highest BCUT2D eigenvalue weighted by Gasteiger charge is 2.24. The Morgan fingerprint density at radius 3 is 2.59 bits per heavy atom. The third kappa shape index (κ3) is 5.30. The van der Waals surface area contributed by atoms with Gasteiger partial charge in [0.1, 0.15) is 0 Å². The number of nitrogens with zero attached hydrogens (tertiary/aromatic N) is 1. The first-order chi connectivity index (χ1) is 8.15. The Bertz CT molecular complexity index is 227. The van der Waals surface area contributed by atoms with Crippen molar-refractivity contribution in [1.82, 2.24) is 4.90 Å². The van der Waals surface area contributed by atoms with Gasteiger partial charge in [0.2, 0.25) is 5.91 Å². The van der Waals surface area contributed by atoms with Gasteiger partial charge in [-0.3, -0.25) is 4.79 Å². The summed E-state index contributed by atoms with van der Waals surface area (Å²) < 4.78 is 0. The lowest BCUT2D eigenvalue weighted by Gasteiger charge is -2.33. The Morgan fingerprint density at radius 1 is 1.35 bits per heavy atom. The first-order valence-corrected chi connectivity index (χ1v) is 7.75. The number of hydrogen-bond donors (Lipinski definition) is 1. The van der Waals surface area contributed by atoms with E-state index in [1.807, 2.05) is 11.9 Å². The quantitative estimate of drug-likeness (QED) is 0.743. The molecule has 4 heteroatoms. The number of carbonyl (C=O) groups is 1. The molecule has 3 nitrogen and oxygen atoms in total. The molecule has 0 spiro atoms. The maximum absolute atomic E-state index is 11.9.